The Morgan fingerprint density at radius 3 is 1.91 bits per heavy atom. The molecule has 2 nitrogen and oxygen atoms in total. The molecular formula is C19H18FeO2. The van der Waals surface area contributed by atoms with Crippen molar-refractivity contribution >= 4 is 5.78 Å². The number of rotatable bonds is 3. The fraction of sp³-hybridized carbons (Fsp3) is 0.632. The van der Waals surface area contributed by atoms with Crippen LogP contribution in [0.15, 0.2) is 24.3 Å². The van der Waals surface area contributed by atoms with Crippen LogP contribution in [-0.2, 0) is 15.6 Å². The molecule has 0 aliphatic carbocycles. The van der Waals surface area contributed by atoms with Gasteiger partial charge < -0.3 is 0 Å². The summed E-state index contributed by atoms with van der Waals surface area (Å²) < 4.78 is 6.41. The molecule has 0 bridgehead atoms. The van der Waals surface area contributed by atoms with Gasteiger partial charge >= 0.3 is 119 Å². The molecule has 10 fully saturated rings. The average Bonchev–Trinajstić information content (AvgIpc) is 3.47. The first-order chi connectivity index (χ1) is 10.4. The van der Waals surface area contributed by atoms with E-state index in [1.54, 1.807) is 12.7 Å². The van der Waals surface area contributed by atoms with Crippen molar-refractivity contribution < 1.29 is 16.0 Å². The van der Waals surface area contributed by atoms with Crippen LogP contribution in [0.3, 0.4) is 0 Å². The topological polar surface area (TPSA) is 26.3 Å². The monoisotopic (exact) mass is 334 g/mol. The molecule has 0 N–H and O–H groups in total. The molecule has 22 heavy (non-hydrogen) atoms. The van der Waals surface area contributed by atoms with Crippen molar-refractivity contribution in [1.29, 1.82) is 0 Å². The summed E-state index contributed by atoms with van der Waals surface area (Å²) in [7, 11) is 1.75. The van der Waals surface area contributed by atoms with Crippen LogP contribution in [0, 0.1) is 0 Å². The maximum absolute atomic E-state index is 12.9. The molecule has 0 aromatic heterocycles. The predicted octanol–water partition coefficient (Wildman–Crippen LogP) is 4.45. The third kappa shape index (κ3) is 0.103. The van der Waals surface area contributed by atoms with E-state index >= 15 is 0 Å². The third-order valence-electron chi connectivity index (χ3n) is 16.9. The second-order valence-electron chi connectivity index (χ2n) is 12.1. The molecular weight excluding hydrogens is 316 g/mol. The molecule has 8 unspecified atom stereocenters. The maximum atomic E-state index is 12.9. The Kier molecular flexibility index (Phi) is 0.340. The molecule has 10 aliphatic heterocycles. The van der Waals surface area contributed by atoms with Gasteiger partial charge in [-0.3, -0.25) is 0 Å². The Morgan fingerprint density at radius 2 is 1.55 bits per heavy atom. The van der Waals surface area contributed by atoms with Crippen LogP contribution < -0.4 is 4.74 Å². The number of Topliss-reactive ketones (excluding diaryl/α,β-unsaturated/α-hetero) is 1. The van der Waals surface area contributed by atoms with Crippen LogP contribution in [-0.4, -0.2) is 12.9 Å². The van der Waals surface area contributed by atoms with Gasteiger partial charge in [-0.25, -0.2) is 0 Å². The van der Waals surface area contributed by atoms with Gasteiger partial charge in [-0.05, 0) is 0 Å². The Labute approximate surface area is 118 Å². The molecule has 114 valence electrons. The molecule has 10 saturated heterocycles. The Balaban J connectivity index is 1.41. The summed E-state index contributed by atoms with van der Waals surface area (Å²) in [6.07, 6.45) is 0. The molecule has 10 heterocycles. The van der Waals surface area contributed by atoms with Crippen molar-refractivity contribution in [1.82, 2.24) is 0 Å². The van der Waals surface area contributed by atoms with Gasteiger partial charge in [0.2, 0.25) is 0 Å². The summed E-state index contributed by atoms with van der Waals surface area (Å²) in [6.45, 7) is -1.56. The Bertz CT molecular complexity index is 1330. The Hall–Kier alpha value is -0.791. The summed E-state index contributed by atoms with van der Waals surface area (Å²) in [5.41, 5.74) is 1.67. The van der Waals surface area contributed by atoms with E-state index in [4.69, 9.17) is 4.74 Å². The zero-order valence-electron chi connectivity index (χ0n) is 12.6. The minimum atomic E-state index is -3.55. The first kappa shape index (κ1) is 8.89. The normalized spacial score (nSPS) is 97.7. The number of hydrogen-bond acceptors (Lipinski definition) is 2. The molecule has 11 rings (SSSR count). The van der Waals surface area contributed by atoms with Crippen molar-refractivity contribution in [3.63, 3.8) is 0 Å². The summed E-state index contributed by atoms with van der Waals surface area (Å²) in [5.74, 6) is 1.66. The molecule has 0 saturated carbocycles. The number of benzene rings is 1. The van der Waals surface area contributed by atoms with E-state index in [1.807, 2.05) is 6.92 Å². The minimum absolute atomic E-state index is 0.383. The second kappa shape index (κ2) is 0.840. The van der Waals surface area contributed by atoms with Gasteiger partial charge in [0, 0.05) is 0 Å². The average molecular weight is 334 g/mol. The van der Waals surface area contributed by atoms with E-state index < -0.39 is 6.51 Å². The van der Waals surface area contributed by atoms with E-state index in [-0.39, 0.29) is 0 Å². The van der Waals surface area contributed by atoms with Crippen molar-refractivity contribution in [3.8, 4) is 5.75 Å². The first-order valence-corrected chi connectivity index (χ1v) is 15.0. The standard InChI is InChI=1S/C12H11O.C7H7O.Fe/c1-13-12-8-6-11(7-9-12)10-4-2-3-5-10;1-6(8)7-4-2-3-5-7;/h2-9H,1H3;2-5H,1H3;. The van der Waals surface area contributed by atoms with Gasteiger partial charge in [0.25, 0.3) is 0 Å². The summed E-state index contributed by atoms with van der Waals surface area (Å²) in [5, 5.41) is 0. The van der Waals surface area contributed by atoms with E-state index in [2.05, 4.69) is 24.3 Å². The van der Waals surface area contributed by atoms with E-state index in [0.29, 0.717) is 14.4 Å². The van der Waals surface area contributed by atoms with E-state index in [0.717, 1.165) is 25.0 Å². The molecule has 0 amide bonds. The number of ether oxygens (including phenoxy) is 1. The van der Waals surface area contributed by atoms with E-state index in [9.17, 15) is 4.79 Å². The molecule has 1 aromatic rings. The molecule has 3 heteroatoms. The van der Waals surface area contributed by atoms with Gasteiger partial charge in [-0.1, -0.05) is 0 Å². The van der Waals surface area contributed by atoms with Gasteiger partial charge in [0.05, 0.1) is 0 Å². The zero-order chi connectivity index (χ0) is 14.2. The second-order valence-corrected chi connectivity index (χ2v) is 35.3. The first-order valence-electron chi connectivity index (χ1n) is 8.78. The van der Waals surface area contributed by atoms with Crippen LogP contribution in [0.2, 0.25) is 42.8 Å². The molecule has 1 aromatic carbocycles. The van der Waals surface area contributed by atoms with Gasteiger partial charge in [0.15, 0.2) is 0 Å². The quantitative estimate of drug-likeness (QED) is 0.764. The number of carbonyl (C=O) groups is 1. The SMILES string of the molecule is COc1ccc([C]23[CH]4[CH]5[CH]6[CH]2[Fe]56432789[CH]3[CH]2[CH]7[C]8(C(C)=O)[CH]39)cc1. The third-order valence-corrected chi connectivity index (χ3v) is 59.7. The molecule has 8 atom stereocenters. The fourth-order valence-corrected chi connectivity index (χ4v) is 95.7. The van der Waals surface area contributed by atoms with Crippen molar-refractivity contribution in [2.24, 2.45) is 0 Å². The zero-order valence-corrected chi connectivity index (χ0v) is 13.7. The summed E-state index contributed by atoms with van der Waals surface area (Å²) in [4.78, 5) is 21.9. The fourth-order valence-electron chi connectivity index (χ4n) is 19.2. The van der Waals surface area contributed by atoms with Crippen molar-refractivity contribution in [2.45, 2.75) is 54.1 Å². The predicted molar refractivity (Wildman–Crippen MR) is 78.0 cm³/mol. The number of fused-ring (bicyclic) bond motifs is 10. The van der Waals surface area contributed by atoms with Crippen molar-refractivity contribution in [2.75, 3.05) is 7.11 Å². The Morgan fingerprint density at radius 1 is 1.00 bits per heavy atom. The molecule has 10 aliphatic rings. The van der Waals surface area contributed by atoms with E-state index in [1.165, 1.54) is 19.3 Å². The number of carbonyl (C=O) groups excluding carboxylic acids is 1. The summed E-state index contributed by atoms with van der Waals surface area (Å²) in [6, 6.07) is 9.16. The number of ketones is 1. The van der Waals surface area contributed by atoms with Crippen LogP contribution in [0.25, 0.3) is 0 Å². The van der Waals surface area contributed by atoms with Gasteiger partial charge in [0.1, 0.15) is 0 Å². The van der Waals surface area contributed by atoms with Crippen LogP contribution in [0.5, 0.6) is 5.75 Å². The van der Waals surface area contributed by atoms with Crippen LogP contribution in [0.1, 0.15) is 12.5 Å². The molecule has 1 spiro atoms. The summed E-state index contributed by atoms with van der Waals surface area (Å²) >= 11 is 0. The van der Waals surface area contributed by atoms with Gasteiger partial charge in [-0.15, -0.1) is 0 Å². The van der Waals surface area contributed by atoms with Crippen LogP contribution in [0.4, 0.5) is 0 Å². The van der Waals surface area contributed by atoms with Crippen molar-refractivity contribution in [3.05, 3.63) is 29.8 Å². The van der Waals surface area contributed by atoms with Crippen LogP contribution >= 0.6 is 0 Å². The van der Waals surface area contributed by atoms with Gasteiger partial charge in [-0.2, -0.15) is 0 Å². The number of hydrogen-bond donors (Lipinski definition) is 0. The molecule has 0 radical (unpaired) electrons. The number of methoxy groups -OCH3 is 1.